The lowest BCUT2D eigenvalue weighted by Crippen LogP contribution is -2.29. The van der Waals surface area contributed by atoms with Gasteiger partial charge in [0, 0.05) is 12.0 Å². The molecule has 4 nitrogen and oxygen atoms in total. The Morgan fingerprint density at radius 2 is 2.12 bits per heavy atom. The molecule has 0 amide bonds. The van der Waals surface area contributed by atoms with Crippen molar-refractivity contribution in [3.63, 3.8) is 0 Å². The molecule has 1 aromatic carbocycles. The lowest BCUT2D eigenvalue weighted by molar-refractivity contribution is -0.106. The molecule has 0 aromatic heterocycles. The van der Waals surface area contributed by atoms with Crippen molar-refractivity contribution in [2.45, 2.75) is 24.9 Å². The molecule has 1 saturated heterocycles. The quantitative estimate of drug-likeness (QED) is 0.783. The van der Waals surface area contributed by atoms with E-state index < -0.39 is 18.5 Å². The number of aliphatic hydroxyl groups excluding tert-OH is 2. The molecule has 1 aliphatic heterocycles. The van der Waals surface area contributed by atoms with Crippen molar-refractivity contribution in [2.75, 3.05) is 6.61 Å². The van der Waals surface area contributed by atoms with Crippen LogP contribution < -0.4 is 0 Å². The fourth-order valence-corrected chi connectivity index (χ4v) is 2.02. The molecule has 17 heavy (non-hydrogen) atoms. The Morgan fingerprint density at radius 3 is 2.76 bits per heavy atom. The maximum absolute atomic E-state index is 9.33. The number of benzene rings is 1. The molecule has 92 valence electrons. The van der Waals surface area contributed by atoms with Gasteiger partial charge in [-0.1, -0.05) is 30.3 Å². The molecule has 0 aliphatic carbocycles. The largest absolute Gasteiger partial charge is 0.477 e. The zero-order valence-corrected chi connectivity index (χ0v) is 9.97. The molecular formula is C12H14O4S. The van der Waals surface area contributed by atoms with Gasteiger partial charge in [-0.3, -0.25) is 0 Å². The maximum Gasteiger partial charge on any atom is 0.191 e. The third-order valence-electron chi connectivity index (χ3n) is 2.63. The van der Waals surface area contributed by atoms with Crippen LogP contribution in [0.25, 0.3) is 0 Å². The number of aliphatic hydroxyl groups is 2. The van der Waals surface area contributed by atoms with Crippen LogP contribution >= 0.6 is 12.2 Å². The number of ether oxygens (including phenoxy) is 2. The average molecular weight is 254 g/mol. The highest BCUT2D eigenvalue weighted by Crippen LogP contribution is 2.22. The molecule has 2 rings (SSSR count). The Morgan fingerprint density at radius 1 is 1.41 bits per heavy atom. The summed E-state index contributed by atoms with van der Waals surface area (Å²) in [5, 5.41) is 18.8. The summed E-state index contributed by atoms with van der Waals surface area (Å²) in [6.45, 7) is -0.195. The van der Waals surface area contributed by atoms with Crippen LogP contribution in [0.2, 0.25) is 0 Å². The highest BCUT2D eigenvalue weighted by molar-refractivity contribution is 7.80. The minimum absolute atomic E-state index is 0.195. The highest BCUT2D eigenvalue weighted by atomic mass is 32.1. The van der Waals surface area contributed by atoms with Crippen LogP contribution in [-0.2, 0) is 9.47 Å². The number of rotatable bonds is 3. The molecule has 1 aliphatic rings. The van der Waals surface area contributed by atoms with Gasteiger partial charge < -0.3 is 19.7 Å². The van der Waals surface area contributed by atoms with E-state index >= 15 is 0 Å². The molecule has 0 bridgehead atoms. The Balaban J connectivity index is 1.99. The van der Waals surface area contributed by atoms with Gasteiger partial charge in [-0.2, -0.15) is 0 Å². The molecule has 2 N–H and O–H groups in total. The fourth-order valence-electron chi connectivity index (χ4n) is 1.76. The zero-order chi connectivity index (χ0) is 12.3. The van der Waals surface area contributed by atoms with E-state index in [-0.39, 0.29) is 6.61 Å². The molecule has 0 radical (unpaired) electrons. The number of hydrogen-bond acceptors (Lipinski definition) is 5. The van der Waals surface area contributed by atoms with Gasteiger partial charge in [0.1, 0.15) is 12.2 Å². The second-order valence-electron chi connectivity index (χ2n) is 3.86. The van der Waals surface area contributed by atoms with E-state index in [1.807, 2.05) is 30.3 Å². The van der Waals surface area contributed by atoms with Crippen LogP contribution in [0.4, 0.5) is 0 Å². The zero-order valence-electron chi connectivity index (χ0n) is 9.15. The molecule has 3 atom stereocenters. The van der Waals surface area contributed by atoms with Crippen molar-refractivity contribution in [1.29, 1.82) is 0 Å². The summed E-state index contributed by atoms with van der Waals surface area (Å²) in [6, 6.07) is 9.33. The predicted molar refractivity (Wildman–Crippen MR) is 65.6 cm³/mol. The van der Waals surface area contributed by atoms with E-state index in [9.17, 15) is 5.11 Å². The van der Waals surface area contributed by atoms with E-state index in [1.165, 1.54) is 0 Å². The van der Waals surface area contributed by atoms with Gasteiger partial charge in [0.2, 0.25) is 0 Å². The van der Waals surface area contributed by atoms with Gasteiger partial charge in [-0.25, -0.2) is 0 Å². The van der Waals surface area contributed by atoms with E-state index in [0.29, 0.717) is 11.5 Å². The first-order valence-corrected chi connectivity index (χ1v) is 5.82. The molecule has 0 spiro atoms. The molecule has 1 heterocycles. The minimum atomic E-state index is -0.893. The minimum Gasteiger partial charge on any atom is -0.477 e. The van der Waals surface area contributed by atoms with Gasteiger partial charge in [-0.05, 0) is 12.2 Å². The Labute approximate surface area is 105 Å². The normalized spacial score (nSPS) is 28.0. The van der Waals surface area contributed by atoms with Crippen LogP contribution in [0.1, 0.15) is 12.0 Å². The maximum atomic E-state index is 9.33. The summed E-state index contributed by atoms with van der Waals surface area (Å²) >= 11 is 5.16. The van der Waals surface area contributed by atoms with Gasteiger partial charge in [-0.15, -0.1) is 0 Å². The topological polar surface area (TPSA) is 58.9 Å². The molecule has 0 saturated carbocycles. The first-order chi connectivity index (χ1) is 8.20. The molecule has 1 fully saturated rings. The van der Waals surface area contributed by atoms with E-state index in [4.69, 9.17) is 26.8 Å². The summed E-state index contributed by atoms with van der Waals surface area (Å²) in [6.07, 6.45) is -1.50. The van der Waals surface area contributed by atoms with E-state index in [0.717, 1.165) is 5.56 Å². The second-order valence-corrected chi connectivity index (χ2v) is 4.23. The van der Waals surface area contributed by atoms with Crippen LogP contribution in [0.5, 0.6) is 0 Å². The molecule has 1 unspecified atom stereocenters. The number of thiocarbonyl (C=S) groups is 1. The van der Waals surface area contributed by atoms with Crippen molar-refractivity contribution in [3.05, 3.63) is 35.9 Å². The SMILES string of the molecule is OC[C@H]1OC(O)C[C@@H]1OC(=S)c1ccccc1. The Hall–Kier alpha value is -1.01. The van der Waals surface area contributed by atoms with Gasteiger partial charge in [0.15, 0.2) is 11.3 Å². The summed E-state index contributed by atoms with van der Waals surface area (Å²) in [5.74, 6) is 0. The number of hydrogen-bond donors (Lipinski definition) is 2. The van der Waals surface area contributed by atoms with Crippen molar-refractivity contribution in [1.82, 2.24) is 0 Å². The summed E-state index contributed by atoms with van der Waals surface area (Å²) in [7, 11) is 0. The average Bonchev–Trinajstić information content (AvgIpc) is 2.70. The smallest absolute Gasteiger partial charge is 0.191 e. The summed E-state index contributed by atoms with van der Waals surface area (Å²) in [5.41, 5.74) is 0.806. The van der Waals surface area contributed by atoms with Crippen LogP contribution in [-0.4, -0.2) is 40.4 Å². The van der Waals surface area contributed by atoms with Gasteiger partial charge >= 0.3 is 0 Å². The first kappa shape index (κ1) is 12.4. The second kappa shape index (κ2) is 5.55. The predicted octanol–water partition coefficient (Wildman–Crippen LogP) is 0.847. The lowest BCUT2D eigenvalue weighted by Gasteiger charge is -2.18. The van der Waals surface area contributed by atoms with Crippen molar-refractivity contribution >= 4 is 17.3 Å². The monoisotopic (exact) mass is 254 g/mol. The Bertz CT molecular complexity index is 381. The van der Waals surface area contributed by atoms with Crippen LogP contribution in [0, 0.1) is 0 Å². The first-order valence-electron chi connectivity index (χ1n) is 5.41. The highest BCUT2D eigenvalue weighted by Gasteiger charge is 2.36. The standard InChI is InChI=1S/C12H14O4S/c13-7-10-9(6-11(14)15-10)16-12(17)8-4-2-1-3-5-8/h1-5,9-11,13-14H,6-7H2/t9-,10+,11?/m0/s1. The molecule has 1 aromatic rings. The molecular weight excluding hydrogens is 240 g/mol. The Kier molecular flexibility index (Phi) is 4.06. The molecule has 5 heteroatoms. The van der Waals surface area contributed by atoms with Crippen molar-refractivity contribution < 1.29 is 19.7 Å². The lowest BCUT2D eigenvalue weighted by atomic mass is 10.2. The third-order valence-corrected chi connectivity index (χ3v) is 2.96. The van der Waals surface area contributed by atoms with Crippen LogP contribution in [0.3, 0.4) is 0 Å². The van der Waals surface area contributed by atoms with Gasteiger partial charge in [0.25, 0.3) is 0 Å². The van der Waals surface area contributed by atoms with Gasteiger partial charge in [0.05, 0.1) is 6.61 Å². The van der Waals surface area contributed by atoms with E-state index in [1.54, 1.807) is 0 Å². The fraction of sp³-hybridized carbons (Fsp3) is 0.417. The van der Waals surface area contributed by atoms with Crippen molar-refractivity contribution in [3.8, 4) is 0 Å². The van der Waals surface area contributed by atoms with Crippen LogP contribution in [0.15, 0.2) is 30.3 Å². The summed E-state index contributed by atoms with van der Waals surface area (Å²) < 4.78 is 10.6. The summed E-state index contributed by atoms with van der Waals surface area (Å²) in [4.78, 5) is 0. The van der Waals surface area contributed by atoms with Crippen molar-refractivity contribution in [2.24, 2.45) is 0 Å². The van der Waals surface area contributed by atoms with E-state index in [2.05, 4.69) is 0 Å². The third kappa shape index (κ3) is 3.01.